The van der Waals surface area contributed by atoms with Crippen molar-refractivity contribution >= 4 is 11.1 Å². The zero-order valence-electron chi connectivity index (χ0n) is 14.8. The molecule has 0 saturated carbocycles. The van der Waals surface area contributed by atoms with Crippen LogP contribution in [0.25, 0.3) is 22.6 Å². The number of aliphatic hydroxyl groups excluding tert-OH is 1. The summed E-state index contributed by atoms with van der Waals surface area (Å²) >= 11 is 0. The van der Waals surface area contributed by atoms with Gasteiger partial charge >= 0.3 is 0 Å². The second-order valence-corrected chi connectivity index (χ2v) is 6.21. The Balaban J connectivity index is 1.93. The molecule has 1 N–H and O–H groups in total. The molecule has 0 spiro atoms. The number of nitrogens with zero attached hydrogens (tertiary/aromatic N) is 1. The fourth-order valence-electron chi connectivity index (χ4n) is 2.73. The molecule has 5 nitrogen and oxygen atoms in total. The average Bonchev–Trinajstić information content (AvgIpc) is 3.08. The van der Waals surface area contributed by atoms with Crippen LogP contribution in [0.3, 0.4) is 0 Å². The first-order chi connectivity index (χ1) is 12.1. The van der Waals surface area contributed by atoms with Crippen LogP contribution in [-0.4, -0.2) is 30.9 Å². The molecule has 25 heavy (non-hydrogen) atoms. The molecular formula is C20H23NO4. The van der Waals surface area contributed by atoms with Gasteiger partial charge in [-0.1, -0.05) is 13.0 Å². The van der Waals surface area contributed by atoms with Gasteiger partial charge in [-0.15, -0.1) is 0 Å². The highest BCUT2D eigenvalue weighted by molar-refractivity contribution is 5.78. The molecule has 1 heterocycles. The van der Waals surface area contributed by atoms with Crippen molar-refractivity contribution in [2.75, 3.05) is 20.8 Å². The predicted octanol–water partition coefficient (Wildman–Crippen LogP) is 4.07. The number of oxazole rings is 1. The lowest BCUT2D eigenvalue weighted by Crippen LogP contribution is -2.02. The average molecular weight is 341 g/mol. The van der Waals surface area contributed by atoms with Crippen LogP contribution in [0.5, 0.6) is 11.5 Å². The van der Waals surface area contributed by atoms with Gasteiger partial charge in [-0.2, -0.15) is 0 Å². The number of methoxy groups -OCH3 is 2. The van der Waals surface area contributed by atoms with E-state index in [9.17, 15) is 0 Å². The Morgan fingerprint density at radius 1 is 1.12 bits per heavy atom. The van der Waals surface area contributed by atoms with Crippen molar-refractivity contribution in [3.8, 4) is 23.0 Å². The van der Waals surface area contributed by atoms with Crippen molar-refractivity contribution in [2.45, 2.75) is 19.8 Å². The standard InChI is InChI=1S/C20H23NO4/c1-13(12-22)4-5-14-6-8-19-17(10-14)21-20(25-19)16-11-15(23-2)7-9-18(16)24-3/h6-11,13,22H,4-5,12H2,1-3H3. The smallest absolute Gasteiger partial charge is 0.231 e. The number of ether oxygens (including phenoxy) is 2. The normalized spacial score (nSPS) is 12.3. The second kappa shape index (κ2) is 7.57. The molecule has 2 aromatic carbocycles. The zero-order valence-corrected chi connectivity index (χ0v) is 14.8. The quantitative estimate of drug-likeness (QED) is 0.702. The minimum atomic E-state index is 0.214. The lowest BCUT2D eigenvalue weighted by atomic mass is 10.0. The maximum atomic E-state index is 9.16. The van der Waals surface area contributed by atoms with E-state index >= 15 is 0 Å². The number of hydrogen-bond acceptors (Lipinski definition) is 5. The Labute approximate surface area is 147 Å². The van der Waals surface area contributed by atoms with E-state index in [0.29, 0.717) is 17.6 Å². The summed E-state index contributed by atoms with van der Waals surface area (Å²) in [7, 11) is 3.24. The van der Waals surface area contributed by atoms with Gasteiger partial charge in [-0.25, -0.2) is 4.98 Å². The highest BCUT2D eigenvalue weighted by Crippen LogP contribution is 2.34. The first-order valence-corrected chi connectivity index (χ1v) is 8.37. The summed E-state index contributed by atoms with van der Waals surface area (Å²) in [5, 5.41) is 9.16. The van der Waals surface area contributed by atoms with E-state index in [1.54, 1.807) is 14.2 Å². The van der Waals surface area contributed by atoms with E-state index < -0.39 is 0 Å². The Hall–Kier alpha value is -2.53. The minimum Gasteiger partial charge on any atom is -0.497 e. The predicted molar refractivity (Wildman–Crippen MR) is 97.1 cm³/mol. The van der Waals surface area contributed by atoms with Crippen LogP contribution in [0.4, 0.5) is 0 Å². The van der Waals surface area contributed by atoms with E-state index in [1.807, 2.05) is 43.3 Å². The summed E-state index contributed by atoms with van der Waals surface area (Å²) in [6, 6.07) is 11.6. The molecule has 0 fully saturated rings. The van der Waals surface area contributed by atoms with Crippen molar-refractivity contribution < 1.29 is 19.0 Å². The van der Waals surface area contributed by atoms with Gasteiger partial charge in [0.2, 0.25) is 5.89 Å². The molecule has 1 unspecified atom stereocenters. The van der Waals surface area contributed by atoms with Gasteiger partial charge in [0.25, 0.3) is 0 Å². The Bertz CT molecular complexity index is 856. The molecule has 0 bridgehead atoms. The fraction of sp³-hybridized carbons (Fsp3) is 0.350. The van der Waals surface area contributed by atoms with Gasteiger partial charge < -0.3 is 19.0 Å². The Morgan fingerprint density at radius 3 is 2.68 bits per heavy atom. The molecule has 132 valence electrons. The third kappa shape index (κ3) is 3.77. The highest BCUT2D eigenvalue weighted by Gasteiger charge is 2.15. The highest BCUT2D eigenvalue weighted by atomic mass is 16.5. The summed E-state index contributed by atoms with van der Waals surface area (Å²) in [5.74, 6) is 2.21. The molecule has 5 heteroatoms. The number of aliphatic hydroxyl groups is 1. The SMILES string of the molecule is COc1ccc(OC)c(-c2nc3cc(CCC(C)CO)ccc3o2)c1. The van der Waals surface area contributed by atoms with Crippen LogP contribution in [0.2, 0.25) is 0 Å². The first-order valence-electron chi connectivity index (χ1n) is 8.37. The number of hydrogen-bond donors (Lipinski definition) is 1. The summed E-state index contributed by atoms with van der Waals surface area (Å²) in [6.07, 6.45) is 1.85. The fourth-order valence-corrected chi connectivity index (χ4v) is 2.73. The maximum absolute atomic E-state index is 9.16. The molecule has 3 aromatic rings. The van der Waals surface area contributed by atoms with Gasteiger partial charge in [0.05, 0.1) is 19.8 Å². The number of aryl methyl sites for hydroxylation is 1. The van der Waals surface area contributed by atoms with Crippen LogP contribution < -0.4 is 9.47 Å². The van der Waals surface area contributed by atoms with Crippen LogP contribution in [-0.2, 0) is 6.42 Å². The largest absolute Gasteiger partial charge is 0.497 e. The maximum Gasteiger partial charge on any atom is 0.231 e. The van der Waals surface area contributed by atoms with Gasteiger partial charge in [0.1, 0.15) is 17.0 Å². The van der Waals surface area contributed by atoms with E-state index in [1.165, 1.54) is 5.56 Å². The molecule has 3 rings (SSSR count). The summed E-state index contributed by atoms with van der Waals surface area (Å²) in [4.78, 5) is 4.62. The minimum absolute atomic E-state index is 0.214. The summed E-state index contributed by atoms with van der Waals surface area (Å²) in [6.45, 7) is 2.26. The second-order valence-electron chi connectivity index (χ2n) is 6.21. The Morgan fingerprint density at radius 2 is 1.96 bits per heavy atom. The summed E-state index contributed by atoms with van der Waals surface area (Å²) < 4.78 is 16.6. The van der Waals surface area contributed by atoms with Crippen LogP contribution in [0.15, 0.2) is 40.8 Å². The first kappa shape index (κ1) is 17.3. The number of fused-ring (bicyclic) bond motifs is 1. The molecule has 0 radical (unpaired) electrons. The molecule has 0 aliphatic carbocycles. The van der Waals surface area contributed by atoms with E-state index in [-0.39, 0.29) is 6.61 Å². The monoisotopic (exact) mass is 341 g/mol. The van der Waals surface area contributed by atoms with Crippen molar-refractivity contribution in [1.29, 1.82) is 0 Å². The van der Waals surface area contributed by atoms with Gasteiger partial charge in [-0.05, 0) is 54.7 Å². The molecule has 0 amide bonds. The number of benzene rings is 2. The van der Waals surface area contributed by atoms with Crippen molar-refractivity contribution in [2.24, 2.45) is 5.92 Å². The van der Waals surface area contributed by atoms with E-state index in [2.05, 4.69) is 4.98 Å². The van der Waals surface area contributed by atoms with E-state index in [0.717, 1.165) is 35.3 Å². The lowest BCUT2D eigenvalue weighted by Gasteiger charge is -2.07. The molecule has 0 saturated heterocycles. The van der Waals surface area contributed by atoms with Crippen molar-refractivity contribution in [3.05, 3.63) is 42.0 Å². The summed E-state index contributed by atoms with van der Waals surface area (Å²) in [5.41, 5.74) is 3.49. The van der Waals surface area contributed by atoms with E-state index in [4.69, 9.17) is 19.0 Å². The van der Waals surface area contributed by atoms with Gasteiger partial charge in [0.15, 0.2) is 5.58 Å². The molecule has 0 aliphatic rings. The van der Waals surface area contributed by atoms with Crippen LogP contribution >= 0.6 is 0 Å². The van der Waals surface area contributed by atoms with Crippen LogP contribution in [0.1, 0.15) is 18.9 Å². The van der Waals surface area contributed by atoms with Gasteiger partial charge in [0, 0.05) is 6.61 Å². The third-order valence-electron chi connectivity index (χ3n) is 4.33. The zero-order chi connectivity index (χ0) is 17.8. The van der Waals surface area contributed by atoms with Crippen molar-refractivity contribution in [1.82, 2.24) is 4.98 Å². The molecular weight excluding hydrogens is 318 g/mol. The molecule has 1 aromatic heterocycles. The third-order valence-corrected chi connectivity index (χ3v) is 4.33. The Kier molecular flexibility index (Phi) is 5.24. The number of rotatable bonds is 7. The topological polar surface area (TPSA) is 64.7 Å². The number of aromatic nitrogens is 1. The molecule has 0 aliphatic heterocycles. The lowest BCUT2D eigenvalue weighted by molar-refractivity contribution is 0.230. The van der Waals surface area contributed by atoms with Gasteiger partial charge in [-0.3, -0.25) is 0 Å². The van der Waals surface area contributed by atoms with Crippen LogP contribution in [0, 0.1) is 5.92 Å². The van der Waals surface area contributed by atoms with Crippen molar-refractivity contribution in [3.63, 3.8) is 0 Å². The molecule has 1 atom stereocenters.